The molecule has 41 heavy (non-hydrogen) atoms. The molecular formula is C30H37ClFN5O4. The molecule has 0 saturated carbocycles. The van der Waals surface area contributed by atoms with Gasteiger partial charge in [-0.15, -0.1) is 0 Å². The first-order chi connectivity index (χ1) is 19.6. The summed E-state index contributed by atoms with van der Waals surface area (Å²) in [7, 11) is 1.59. The third-order valence-corrected chi connectivity index (χ3v) is 7.75. The number of likely N-dealkylation sites (tertiary alicyclic amines) is 2. The summed E-state index contributed by atoms with van der Waals surface area (Å²) >= 11 is 5.95. The van der Waals surface area contributed by atoms with Gasteiger partial charge < -0.3 is 29.3 Å². The van der Waals surface area contributed by atoms with Crippen molar-refractivity contribution in [3.8, 4) is 11.5 Å². The third kappa shape index (κ3) is 6.93. The Morgan fingerprint density at radius 3 is 2.76 bits per heavy atom. The Morgan fingerprint density at radius 1 is 1.17 bits per heavy atom. The van der Waals surface area contributed by atoms with E-state index >= 15 is 0 Å². The number of anilines is 2. The van der Waals surface area contributed by atoms with Crippen molar-refractivity contribution in [2.24, 2.45) is 5.92 Å². The summed E-state index contributed by atoms with van der Waals surface area (Å²) in [4.78, 5) is 25.9. The highest BCUT2D eigenvalue weighted by Gasteiger charge is 2.42. The molecule has 0 radical (unpaired) electrons. The van der Waals surface area contributed by atoms with Crippen molar-refractivity contribution in [2.75, 3.05) is 45.2 Å². The topological polar surface area (TPSA) is 89.1 Å². The zero-order chi connectivity index (χ0) is 29.1. The minimum absolute atomic E-state index is 0.0221. The minimum Gasteiger partial charge on any atom is -0.493 e. The van der Waals surface area contributed by atoms with Crippen molar-refractivity contribution in [2.45, 2.75) is 51.7 Å². The van der Waals surface area contributed by atoms with E-state index in [4.69, 9.17) is 25.8 Å². The average Bonchev–Trinajstić information content (AvgIpc) is 3.35. The molecule has 2 aliphatic rings. The van der Waals surface area contributed by atoms with E-state index < -0.39 is 11.4 Å². The first-order valence-electron chi connectivity index (χ1n) is 14.0. The van der Waals surface area contributed by atoms with E-state index in [0.717, 1.165) is 50.8 Å². The van der Waals surface area contributed by atoms with Crippen LogP contribution >= 0.6 is 11.6 Å². The number of piperidine rings is 1. The second-order valence-electron chi connectivity index (χ2n) is 11.6. The van der Waals surface area contributed by atoms with Crippen molar-refractivity contribution in [3.05, 3.63) is 47.5 Å². The van der Waals surface area contributed by atoms with Crippen LogP contribution < -0.4 is 14.8 Å². The second-order valence-corrected chi connectivity index (χ2v) is 12.0. The van der Waals surface area contributed by atoms with Gasteiger partial charge >= 0.3 is 6.09 Å². The molecule has 1 N–H and O–H groups in total. The molecule has 11 heteroatoms. The zero-order valence-corrected chi connectivity index (χ0v) is 24.7. The van der Waals surface area contributed by atoms with Crippen LogP contribution in [0.1, 0.15) is 40.0 Å². The Kier molecular flexibility index (Phi) is 8.70. The monoisotopic (exact) mass is 585 g/mol. The number of amides is 1. The molecule has 3 aromatic rings. The molecule has 0 spiro atoms. The number of methoxy groups -OCH3 is 1. The standard InChI is InChI=1S/C30H37ClFN5O4/c1-30(2,3)41-29(38)37-11-5-7-19-16-36(17-25(19)37)10-6-12-40-27-14-21-24(15-26(27)39-4)33-18-34-28(21)35-20-8-9-23(32)22(31)13-20/h8-9,13-15,18-19,25H,5-7,10-12,16-17H2,1-4H3,(H,33,34,35). The van der Waals surface area contributed by atoms with Crippen LogP contribution in [0.3, 0.4) is 0 Å². The quantitative estimate of drug-likeness (QED) is 0.309. The fourth-order valence-electron chi connectivity index (χ4n) is 5.61. The van der Waals surface area contributed by atoms with E-state index in [1.54, 1.807) is 13.2 Å². The van der Waals surface area contributed by atoms with Gasteiger partial charge in [-0.25, -0.2) is 19.2 Å². The number of benzene rings is 2. The smallest absolute Gasteiger partial charge is 0.410 e. The molecule has 1 aromatic heterocycles. The lowest BCUT2D eigenvalue weighted by Gasteiger charge is -2.37. The molecule has 2 saturated heterocycles. The van der Waals surface area contributed by atoms with Crippen LogP contribution in [-0.2, 0) is 4.74 Å². The molecule has 5 rings (SSSR count). The van der Waals surface area contributed by atoms with Crippen LogP contribution in [0.25, 0.3) is 10.9 Å². The predicted molar refractivity (Wildman–Crippen MR) is 157 cm³/mol. The van der Waals surface area contributed by atoms with Gasteiger partial charge in [-0.2, -0.15) is 0 Å². The Hall–Kier alpha value is -3.37. The van der Waals surface area contributed by atoms with Gasteiger partial charge in [0.2, 0.25) is 0 Å². The van der Waals surface area contributed by atoms with Gasteiger partial charge in [0.1, 0.15) is 23.6 Å². The summed E-state index contributed by atoms with van der Waals surface area (Å²) in [6.07, 6.45) is 4.20. The fourth-order valence-corrected chi connectivity index (χ4v) is 5.80. The highest BCUT2D eigenvalue weighted by atomic mass is 35.5. The molecule has 220 valence electrons. The van der Waals surface area contributed by atoms with E-state index in [9.17, 15) is 9.18 Å². The number of nitrogens with one attached hydrogen (secondary N) is 1. The first kappa shape index (κ1) is 29.1. The molecule has 0 bridgehead atoms. The van der Waals surface area contributed by atoms with E-state index in [1.165, 1.54) is 18.5 Å². The van der Waals surface area contributed by atoms with Crippen LogP contribution in [0, 0.1) is 11.7 Å². The van der Waals surface area contributed by atoms with Gasteiger partial charge in [0.25, 0.3) is 0 Å². The summed E-state index contributed by atoms with van der Waals surface area (Å²) in [5.74, 6) is 1.69. The molecule has 3 heterocycles. The maximum atomic E-state index is 13.6. The molecule has 2 aliphatic heterocycles. The number of ether oxygens (including phenoxy) is 3. The summed E-state index contributed by atoms with van der Waals surface area (Å²) in [6.45, 7) is 9.66. The number of nitrogens with zero attached hydrogens (tertiary/aromatic N) is 4. The molecule has 2 aromatic carbocycles. The normalized spacial score (nSPS) is 19.2. The number of hydrogen-bond donors (Lipinski definition) is 1. The van der Waals surface area contributed by atoms with Crippen molar-refractivity contribution < 1.29 is 23.4 Å². The van der Waals surface area contributed by atoms with E-state index in [-0.39, 0.29) is 17.2 Å². The van der Waals surface area contributed by atoms with Gasteiger partial charge in [-0.1, -0.05) is 11.6 Å². The van der Waals surface area contributed by atoms with Gasteiger partial charge in [0.05, 0.1) is 30.3 Å². The second kappa shape index (κ2) is 12.2. The Balaban J connectivity index is 1.21. The van der Waals surface area contributed by atoms with Crippen molar-refractivity contribution in [1.29, 1.82) is 0 Å². The Morgan fingerprint density at radius 2 is 2.00 bits per heavy atom. The average molecular weight is 586 g/mol. The van der Waals surface area contributed by atoms with Crippen molar-refractivity contribution >= 4 is 40.1 Å². The number of carbonyl (C=O) groups is 1. The number of rotatable bonds is 8. The fraction of sp³-hybridized carbons (Fsp3) is 0.500. The van der Waals surface area contributed by atoms with Gasteiger partial charge in [0, 0.05) is 43.3 Å². The number of carbonyl (C=O) groups excluding carboxylic acids is 1. The summed E-state index contributed by atoms with van der Waals surface area (Å²) < 4.78 is 31.0. The third-order valence-electron chi connectivity index (χ3n) is 7.46. The highest BCUT2D eigenvalue weighted by molar-refractivity contribution is 6.31. The Labute approximate surface area is 244 Å². The predicted octanol–water partition coefficient (Wildman–Crippen LogP) is 6.27. The SMILES string of the molecule is COc1cc2ncnc(Nc3ccc(F)c(Cl)c3)c2cc1OCCCN1CC2CCCN(C(=O)OC(C)(C)C)C2C1. The summed E-state index contributed by atoms with van der Waals surface area (Å²) in [6, 6.07) is 8.26. The number of fused-ring (bicyclic) bond motifs is 2. The lowest BCUT2D eigenvalue weighted by atomic mass is 9.92. The maximum absolute atomic E-state index is 13.6. The zero-order valence-electron chi connectivity index (χ0n) is 24.0. The molecule has 9 nitrogen and oxygen atoms in total. The largest absolute Gasteiger partial charge is 0.493 e. The van der Waals surface area contributed by atoms with Crippen LogP contribution in [0.4, 0.5) is 20.7 Å². The van der Waals surface area contributed by atoms with Gasteiger partial charge in [-0.05, 0) is 70.2 Å². The molecule has 2 unspecified atom stereocenters. The van der Waals surface area contributed by atoms with E-state index in [1.807, 2.05) is 37.8 Å². The summed E-state index contributed by atoms with van der Waals surface area (Å²) in [5, 5.41) is 3.94. The van der Waals surface area contributed by atoms with Crippen LogP contribution in [0.2, 0.25) is 5.02 Å². The molecule has 2 atom stereocenters. The minimum atomic E-state index is -0.499. The van der Waals surface area contributed by atoms with Crippen LogP contribution in [-0.4, -0.2) is 77.4 Å². The first-order valence-corrected chi connectivity index (χ1v) is 14.4. The lowest BCUT2D eigenvalue weighted by Crippen LogP contribution is -2.50. The molecule has 2 fully saturated rings. The van der Waals surface area contributed by atoms with Crippen LogP contribution in [0.15, 0.2) is 36.7 Å². The summed E-state index contributed by atoms with van der Waals surface area (Å²) in [5.41, 5.74) is 0.779. The van der Waals surface area contributed by atoms with Gasteiger partial charge in [-0.3, -0.25) is 0 Å². The molecular weight excluding hydrogens is 549 g/mol. The maximum Gasteiger partial charge on any atom is 0.410 e. The Bertz CT molecular complexity index is 1400. The van der Waals surface area contributed by atoms with Crippen LogP contribution in [0.5, 0.6) is 11.5 Å². The highest BCUT2D eigenvalue weighted by Crippen LogP contribution is 2.36. The number of hydrogen-bond acceptors (Lipinski definition) is 8. The number of aromatic nitrogens is 2. The van der Waals surface area contributed by atoms with Crippen molar-refractivity contribution in [1.82, 2.24) is 19.8 Å². The lowest BCUT2D eigenvalue weighted by molar-refractivity contribution is 0.00621. The van der Waals surface area contributed by atoms with Crippen molar-refractivity contribution in [3.63, 3.8) is 0 Å². The van der Waals surface area contributed by atoms with E-state index in [0.29, 0.717) is 41.0 Å². The molecule has 0 aliphatic carbocycles. The number of halogens is 2. The van der Waals surface area contributed by atoms with Gasteiger partial charge in [0.15, 0.2) is 11.5 Å². The van der Waals surface area contributed by atoms with E-state index in [2.05, 4.69) is 20.2 Å². The molecule has 1 amide bonds.